The third-order valence-corrected chi connectivity index (χ3v) is 3.14. The summed E-state index contributed by atoms with van der Waals surface area (Å²) in [5.41, 5.74) is 2.77. The van der Waals surface area contributed by atoms with Gasteiger partial charge in [-0.05, 0) is 43.0 Å². The lowest BCUT2D eigenvalue weighted by atomic mass is 9.98. The van der Waals surface area contributed by atoms with Gasteiger partial charge in [-0.1, -0.05) is 39.3 Å². The van der Waals surface area contributed by atoms with Gasteiger partial charge in [-0.15, -0.1) is 0 Å². The summed E-state index contributed by atoms with van der Waals surface area (Å²) >= 11 is 0. The molecule has 0 bridgehead atoms. The largest absolute Gasteiger partial charge is 0.489 e. The van der Waals surface area contributed by atoms with Crippen molar-refractivity contribution in [3.63, 3.8) is 0 Å². The highest BCUT2D eigenvalue weighted by Crippen LogP contribution is 2.29. The van der Waals surface area contributed by atoms with Crippen LogP contribution >= 0.6 is 0 Å². The van der Waals surface area contributed by atoms with E-state index < -0.39 is 0 Å². The second kappa shape index (κ2) is 9.22. The molecule has 116 valence electrons. The Morgan fingerprint density at radius 2 is 1.71 bits per heavy atom. The van der Waals surface area contributed by atoms with Gasteiger partial charge < -0.3 is 9.47 Å². The van der Waals surface area contributed by atoms with Crippen molar-refractivity contribution in [2.75, 3.05) is 13.2 Å². The molecular weight excluding hydrogens is 264 g/mol. The molecule has 0 heterocycles. The van der Waals surface area contributed by atoms with Gasteiger partial charge in [0.1, 0.15) is 12.4 Å². The lowest BCUT2D eigenvalue weighted by molar-refractivity contribution is 0.0526. The molecule has 0 aliphatic rings. The van der Waals surface area contributed by atoms with E-state index in [0.29, 0.717) is 18.8 Å². The third kappa shape index (κ3) is 4.92. The fourth-order valence-electron chi connectivity index (χ4n) is 2.32. The van der Waals surface area contributed by atoms with Crippen LogP contribution in [0.3, 0.4) is 0 Å². The molecule has 0 saturated heterocycles. The van der Waals surface area contributed by atoms with E-state index in [9.17, 15) is 4.79 Å². The summed E-state index contributed by atoms with van der Waals surface area (Å²) in [7, 11) is 0. The predicted molar refractivity (Wildman–Crippen MR) is 86.1 cm³/mol. The molecule has 0 aromatic heterocycles. The van der Waals surface area contributed by atoms with Crippen LogP contribution in [0.15, 0.2) is 24.8 Å². The molecule has 0 amide bonds. The van der Waals surface area contributed by atoms with Crippen LogP contribution in [0.5, 0.6) is 5.75 Å². The molecule has 1 aromatic rings. The quantitative estimate of drug-likeness (QED) is 0.501. The molecule has 0 aliphatic heterocycles. The van der Waals surface area contributed by atoms with Crippen LogP contribution in [-0.4, -0.2) is 19.2 Å². The fourth-order valence-corrected chi connectivity index (χ4v) is 2.32. The van der Waals surface area contributed by atoms with E-state index in [1.54, 1.807) is 6.08 Å². The average molecular weight is 290 g/mol. The number of benzene rings is 1. The summed E-state index contributed by atoms with van der Waals surface area (Å²) in [5, 5.41) is 0. The average Bonchev–Trinajstić information content (AvgIpc) is 2.47. The Hall–Kier alpha value is -1.77. The van der Waals surface area contributed by atoms with Gasteiger partial charge in [0.05, 0.1) is 12.2 Å². The van der Waals surface area contributed by atoms with Gasteiger partial charge in [0.2, 0.25) is 0 Å². The van der Waals surface area contributed by atoms with E-state index in [2.05, 4.69) is 20.4 Å². The maximum Gasteiger partial charge on any atom is 0.338 e. The van der Waals surface area contributed by atoms with E-state index in [0.717, 1.165) is 42.6 Å². The van der Waals surface area contributed by atoms with Gasteiger partial charge in [-0.2, -0.15) is 0 Å². The maximum absolute atomic E-state index is 12.0. The standard InChI is InChI=1S/C18H26O3/c1-5-9-14-12-16(18(19)20-8-4)13-15(10-6-2)17(14)21-11-7-3/h7,12-13H,3,5-6,8-11H2,1-2,4H3. The minimum absolute atomic E-state index is 0.262. The number of ether oxygens (including phenoxy) is 2. The minimum Gasteiger partial charge on any atom is -0.489 e. The lowest BCUT2D eigenvalue weighted by Crippen LogP contribution is -2.09. The van der Waals surface area contributed by atoms with Crippen LogP contribution in [0, 0.1) is 0 Å². The minimum atomic E-state index is -0.262. The number of hydrogen-bond donors (Lipinski definition) is 0. The molecular formula is C18H26O3. The third-order valence-electron chi connectivity index (χ3n) is 3.14. The topological polar surface area (TPSA) is 35.5 Å². The molecule has 1 rings (SSSR count). The van der Waals surface area contributed by atoms with Crippen molar-refractivity contribution in [1.29, 1.82) is 0 Å². The maximum atomic E-state index is 12.0. The van der Waals surface area contributed by atoms with Gasteiger partial charge in [0.25, 0.3) is 0 Å². The van der Waals surface area contributed by atoms with Crippen molar-refractivity contribution in [2.24, 2.45) is 0 Å². The summed E-state index contributed by atoms with van der Waals surface area (Å²) in [6.07, 6.45) is 5.52. The van der Waals surface area contributed by atoms with Crippen molar-refractivity contribution in [2.45, 2.75) is 46.5 Å². The van der Waals surface area contributed by atoms with Crippen LogP contribution in [0.2, 0.25) is 0 Å². The van der Waals surface area contributed by atoms with E-state index in [1.165, 1.54) is 0 Å². The highest BCUT2D eigenvalue weighted by Gasteiger charge is 2.16. The van der Waals surface area contributed by atoms with Crippen molar-refractivity contribution in [3.05, 3.63) is 41.5 Å². The normalized spacial score (nSPS) is 10.2. The Morgan fingerprint density at radius 1 is 1.14 bits per heavy atom. The Bertz CT molecular complexity index is 450. The number of hydrogen-bond acceptors (Lipinski definition) is 3. The summed E-state index contributed by atoms with van der Waals surface area (Å²) in [5.74, 6) is 0.647. The first-order valence-corrected chi connectivity index (χ1v) is 7.74. The van der Waals surface area contributed by atoms with Crippen LogP contribution in [0.4, 0.5) is 0 Å². The number of carbonyl (C=O) groups is 1. The highest BCUT2D eigenvalue weighted by atomic mass is 16.5. The predicted octanol–water partition coefficient (Wildman–Crippen LogP) is 4.33. The second-order valence-electron chi connectivity index (χ2n) is 4.94. The first-order chi connectivity index (χ1) is 10.2. The fraction of sp³-hybridized carbons (Fsp3) is 0.500. The second-order valence-corrected chi connectivity index (χ2v) is 4.94. The summed E-state index contributed by atoms with van der Waals surface area (Å²) < 4.78 is 11.0. The monoisotopic (exact) mass is 290 g/mol. The van der Waals surface area contributed by atoms with Gasteiger partial charge in [-0.3, -0.25) is 0 Å². The highest BCUT2D eigenvalue weighted by molar-refractivity contribution is 5.90. The van der Waals surface area contributed by atoms with Gasteiger partial charge in [-0.25, -0.2) is 4.79 Å². The summed E-state index contributed by atoms with van der Waals surface area (Å²) in [4.78, 5) is 12.0. The molecule has 0 spiro atoms. The van der Waals surface area contributed by atoms with Crippen molar-refractivity contribution >= 4 is 5.97 Å². The number of carbonyl (C=O) groups excluding carboxylic acids is 1. The van der Waals surface area contributed by atoms with E-state index in [-0.39, 0.29) is 5.97 Å². The zero-order chi connectivity index (χ0) is 15.7. The Kier molecular flexibility index (Phi) is 7.59. The molecule has 0 fully saturated rings. The zero-order valence-electron chi connectivity index (χ0n) is 13.4. The van der Waals surface area contributed by atoms with Crippen molar-refractivity contribution in [3.8, 4) is 5.75 Å². The van der Waals surface area contributed by atoms with Gasteiger partial charge in [0.15, 0.2) is 0 Å². The molecule has 0 N–H and O–H groups in total. The summed E-state index contributed by atoms with van der Waals surface area (Å²) in [6.45, 7) is 10.6. The molecule has 1 aromatic carbocycles. The van der Waals surface area contributed by atoms with Gasteiger partial charge in [0, 0.05) is 0 Å². The molecule has 0 atom stereocenters. The molecule has 0 unspecified atom stereocenters. The molecule has 0 radical (unpaired) electrons. The molecule has 0 saturated carbocycles. The summed E-state index contributed by atoms with van der Waals surface area (Å²) in [6, 6.07) is 3.80. The Labute approximate surface area is 128 Å². The van der Waals surface area contributed by atoms with Crippen molar-refractivity contribution in [1.82, 2.24) is 0 Å². The van der Waals surface area contributed by atoms with Crippen LogP contribution in [0.1, 0.15) is 55.1 Å². The smallest absolute Gasteiger partial charge is 0.338 e. The van der Waals surface area contributed by atoms with Crippen LogP contribution in [0.25, 0.3) is 0 Å². The van der Waals surface area contributed by atoms with E-state index >= 15 is 0 Å². The number of aryl methyl sites for hydroxylation is 2. The Balaban J connectivity index is 3.25. The Morgan fingerprint density at radius 3 is 2.14 bits per heavy atom. The zero-order valence-corrected chi connectivity index (χ0v) is 13.4. The SMILES string of the molecule is C=CCOc1c(CCC)cc(C(=O)OCC)cc1CCC. The van der Waals surface area contributed by atoms with Crippen LogP contribution in [-0.2, 0) is 17.6 Å². The van der Waals surface area contributed by atoms with Crippen molar-refractivity contribution < 1.29 is 14.3 Å². The van der Waals surface area contributed by atoms with E-state index in [1.807, 2.05) is 19.1 Å². The molecule has 3 heteroatoms. The molecule has 21 heavy (non-hydrogen) atoms. The molecule has 3 nitrogen and oxygen atoms in total. The van der Waals surface area contributed by atoms with Gasteiger partial charge >= 0.3 is 5.97 Å². The van der Waals surface area contributed by atoms with Crippen LogP contribution < -0.4 is 4.74 Å². The number of rotatable bonds is 9. The first-order valence-electron chi connectivity index (χ1n) is 7.74. The lowest BCUT2D eigenvalue weighted by Gasteiger charge is -2.16. The number of esters is 1. The van der Waals surface area contributed by atoms with E-state index in [4.69, 9.17) is 9.47 Å². The first kappa shape index (κ1) is 17.3. The molecule has 0 aliphatic carbocycles.